The van der Waals surface area contributed by atoms with Crippen LogP contribution in [0.15, 0.2) is 97.1 Å². The van der Waals surface area contributed by atoms with Gasteiger partial charge in [0.05, 0.1) is 5.52 Å². The number of hydrogen-bond donors (Lipinski definition) is 0. The Morgan fingerprint density at radius 1 is 0.600 bits per heavy atom. The van der Waals surface area contributed by atoms with Crippen molar-refractivity contribution in [3.63, 3.8) is 0 Å². The molecule has 1 heteroatoms. The molecule has 3 aromatic carbocycles. The highest BCUT2D eigenvalue weighted by molar-refractivity contribution is 5.78. The minimum atomic E-state index is 0.428. The SMILES string of the molecule is c1ccc(C[C@H](Cc2ccc3ccccc3n2)c2ccccc2)cc1. The van der Waals surface area contributed by atoms with Gasteiger partial charge in [-0.2, -0.15) is 0 Å². The highest BCUT2D eigenvalue weighted by Gasteiger charge is 2.14. The van der Waals surface area contributed by atoms with E-state index in [1.807, 2.05) is 0 Å². The van der Waals surface area contributed by atoms with Crippen LogP contribution in [0.2, 0.25) is 0 Å². The first-order chi connectivity index (χ1) is 12.4. The van der Waals surface area contributed by atoms with Gasteiger partial charge in [0.1, 0.15) is 0 Å². The summed E-state index contributed by atoms with van der Waals surface area (Å²) in [5, 5.41) is 1.20. The van der Waals surface area contributed by atoms with E-state index < -0.39 is 0 Å². The largest absolute Gasteiger partial charge is 0.253 e. The van der Waals surface area contributed by atoms with Crippen molar-refractivity contribution in [3.05, 3.63) is 114 Å². The molecule has 0 saturated heterocycles. The lowest BCUT2D eigenvalue weighted by Gasteiger charge is -2.18. The molecule has 0 spiro atoms. The molecule has 1 aromatic heterocycles. The van der Waals surface area contributed by atoms with Gasteiger partial charge in [0.25, 0.3) is 0 Å². The molecule has 0 aliphatic rings. The van der Waals surface area contributed by atoms with Crippen molar-refractivity contribution in [2.75, 3.05) is 0 Å². The molecular formula is C24H21N. The number of benzene rings is 3. The zero-order valence-corrected chi connectivity index (χ0v) is 14.2. The lowest BCUT2D eigenvalue weighted by atomic mass is 9.88. The maximum absolute atomic E-state index is 4.88. The van der Waals surface area contributed by atoms with E-state index in [-0.39, 0.29) is 0 Å². The number of nitrogens with zero attached hydrogens (tertiary/aromatic N) is 1. The van der Waals surface area contributed by atoms with Gasteiger partial charge in [0, 0.05) is 11.1 Å². The summed E-state index contributed by atoms with van der Waals surface area (Å²) in [6.07, 6.45) is 1.98. The van der Waals surface area contributed by atoms with Gasteiger partial charge in [-0.1, -0.05) is 84.9 Å². The van der Waals surface area contributed by atoms with Crippen LogP contribution < -0.4 is 0 Å². The van der Waals surface area contributed by atoms with Crippen LogP contribution in [-0.2, 0) is 12.8 Å². The molecule has 25 heavy (non-hydrogen) atoms. The third-order valence-electron chi connectivity index (χ3n) is 4.71. The van der Waals surface area contributed by atoms with Crippen LogP contribution in [0.25, 0.3) is 10.9 Å². The predicted octanol–water partition coefficient (Wildman–Crippen LogP) is 5.80. The van der Waals surface area contributed by atoms with Gasteiger partial charge in [-0.25, -0.2) is 0 Å². The summed E-state index contributed by atoms with van der Waals surface area (Å²) < 4.78 is 0. The van der Waals surface area contributed by atoms with Gasteiger partial charge in [-0.3, -0.25) is 4.98 Å². The monoisotopic (exact) mass is 323 g/mol. The Kier molecular flexibility index (Phi) is 4.56. The summed E-state index contributed by atoms with van der Waals surface area (Å²) in [5.41, 5.74) is 4.98. The Morgan fingerprint density at radius 3 is 2.08 bits per heavy atom. The van der Waals surface area contributed by atoms with Crippen molar-refractivity contribution < 1.29 is 0 Å². The average molecular weight is 323 g/mol. The lowest BCUT2D eigenvalue weighted by Crippen LogP contribution is -2.08. The first kappa shape index (κ1) is 15.6. The van der Waals surface area contributed by atoms with Crippen molar-refractivity contribution in [1.29, 1.82) is 0 Å². The molecule has 0 fully saturated rings. The topological polar surface area (TPSA) is 12.9 Å². The van der Waals surface area contributed by atoms with Crippen LogP contribution in [0, 0.1) is 0 Å². The second-order valence-electron chi connectivity index (χ2n) is 6.50. The quantitative estimate of drug-likeness (QED) is 0.452. The molecule has 0 amide bonds. The third-order valence-corrected chi connectivity index (χ3v) is 4.71. The number of aromatic nitrogens is 1. The van der Waals surface area contributed by atoms with Crippen molar-refractivity contribution in [1.82, 2.24) is 4.98 Å². The molecule has 0 N–H and O–H groups in total. The van der Waals surface area contributed by atoms with Gasteiger partial charge in [-0.15, -0.1) is 0 Å². The fourth-order valence-corrected chi connectivity index (χ4v) is 3.41. The smallest absolute Gasteiger partial charge is 0.0705 e. The van der Waals surface area contributed by atoms with Crippen LogP contribution in [-0.4, -0.2) is 4.98 Å². The highest BCUT2D eigenvalue weighted by atomic mass is 14.7. The minimum Gasteiger partial charge on any atom is -0.253 e. The van der Waals surface area contributed by atoms with E-state index in [0.717, 1.165) is 24.1 Å². The molecule has 0 aliphatic heterocycles. The van der Waals surface area contributed by atoms with Crippen LogP contribution >= 0.6 is 0 Å². The van der Waals surface area contributed by atoms with Crippen LogP contribution in [0.3, 0.4) is 0 Å². The Balaban J connectivity index is 1.65. The Hall–Kier alpha value is -2.93. The summed E-state index contributed by atoms with van der Waals surface area (Å²) in [4.78, 5) is 4.88. The van der Waals surface area contributed by atoms with Gasteiger partial charge >= 0.3 is 0 Å². The van der Waals surface area contributed by atoms with E-state index in [1.165, 1.54) is 16.5 Å². The second kappa shape index (κ2) is 7.31. The molecule has 4 rings (SSSR count). The Bertz CT molecular complexity index is 945. The van der Waals surface area contributed by atoms with E-state index in [4.69, 9.17) is 4.98 Å². The molecule has 1 heterocycles. The highest BCUT2D eigenvalue weighted by Crippen LogP contribution is 2.25. The van der Waals surface area contributed by atoms with Crippen LogP contribution in [0.5, 0.6) is 0 Å². The van der Waals surface area contributed by atoms with E-state index in [0.29, 0.717) is 5.92 Å². The van der Waals surface area contributed by atoms with Crippen LogP contribution in [0.4, 0.5) is 0 Å². The second-order valence-corrected chi connectivity index (χ2v) is 6.50. The van der Waals surface area contributed by atoms with Gasteiger partial charge in [-0.05, 0) is 42.0 Å². The fraction of sp³-hybridized carbons (Fsp3) is 0.125. The summed E-state index contributed by atoms with van der Waals surface area (Å²) >= 11 is 0. The summed E-state index contributed by atoms with van der Waals surface area (Å²) in [5.74, 6) is 0.428. The van der Waals surface area contributed by atoms with Gasteiger partial charge in [0.2, 0.25) is 0 Å². The Labute approximate surface area is 149 Å². The minimum absolute atomic E-state index is 0.428. The predicted molar refractivity (Wildman–Crippen MR) is 105 cm³/mol. The van der Waals surface area contributed by atoms with Crippen molar-refractivity contribution in [2.24, 2.45) is 0 Å². The van der Waals surface area contributed by atoms with E-state index >= 15 is 0 Å². The van der Waals surface area contributed by atoms with Gasteiger partial charge < -0.3 is 0 Å². The number of pyridine rings is 1. The van der Waals surface area contributed by atoms with E-state index in [9.17, 15) is 0 Å². The van der Waals surface area contributed by atoms with Crippen LogP contribution in [0.1, 0.15) is 22.7 Å². The van der Waals surface area contributed by atoms with Crippen molar-refractivity contribution in [2.45, 2.75) is 18.8 Å². The molecular weight excluding hydrogens is 302 g/mol. The lowest BCUT2D eigenvalue weighted by molar-refractivity contribution is 0.670. The third kappa shape index (κ3) is 3.77. The van der Waals surface area contributed by atoms with Crippen molar-refractivity contribution >= 4 is 10.9 Å². The number of hydrogen-bond acceptors (Lipinski definition) is 1. The summed E-state index contributed by atoms with van der Waals surface area (Å²) in [6, 6.07) is 34.2. The van der Waals surface area contributed by atoms with E-state index in [2.05, 4.69) is 97.1 Å². The fourth-order valence-electron chi connectivity index (χ4n) is 3.41. The molecule has 1 nitrogen and oxygen atoms in total. The first-order valence-corrected chi connectivity index (χ1v) is 8.82. The molecule has 0 unspecified atom stereocenters. The van der Waals surface area contributed by atoms with Crippen molar-refractivity contribution in [3.8, 4) is 0 Å². The maximum atomic E-state index is 4.88. The number of fused-ring (bicyclic) bond motifs is 1. The number of rotatable bonds is 5. The zero-order valence-electron chi connectivity index (χ0n) is 14.2. The Morgan fingerprint density at radius 2 is 1.28 bits per heavy atom. The zero-order chi connectivity index (χ0) is 16.9. The normalized spacial score (nSPS) is 12.2. The molecule has 122 valence electrons. The molecule has 4 aromatic rings. The number of para-hydroxylation sites is 1. The van der Waals surface area contributed by atoms with E-state index in [1.54, 1.807) is 0 Å². The molecule has 0 aliphatic carbocycles. The van der Waals surface area contributed by atoms with Gasteiger partial charge in [0.15, 0.2) is 0 Å². The summed E-state index contributed by atoms with van der Waals surface area (Å²) in [7, 11) is 0. The molecule has 1 atom stereocenters. The molecule has 0 radical (unpaired) electrons. The molecule has 0 saturated carbocycles. The average Bonchev–Trinajstić information content (AvgIpc) is 2.69. The first-order valence-electron chi connectivity index (χ1n) is 8.82. The maximum Gasteiger partial charge on any atom is 0.0705 e. The summed E-state index contributed by atoms with van der Waals surface area (Å²) in [6.45, 7) is 0. The standard InChI is InChI=1S/C24H21N/c1-3-9-19(10-4-1)17-22(20-11-5-2-6-12-20)18-23-16-15-21-13-7-8-14-24(21)25-23/h1-16,22H,17-18H2/t22-/m1/s1. The molecule has 0 bridgehead atoms.